The van der Waals surface area contributed by atoms with E-state index in [2.05, 4.69) is 9.97 Å². The van der Waals surface area contributed by atoms with Crippen LogP contribution in [0.2, 0.25) is 0 Å². The van der Waals surface area contributed by atoms with Gasteiger partial charge in [-0.05, 0) is 24.6 Å². The second kappa shape index (κ2) is 5.14. The van der Waals surface area contributed by atoms with E-state index in [9.17, 15) is 4.79 Å². The molecule has 6 heteroatoms. The Morgan fingerprint density at radius 2 is 2.42 bits per heavy atom. The molecule has 0 saturated carbocycles. The predicted molar refractivity (Wildman–Crippen MR) is 67.9 cm³/mol. The first-order chi connectivity index (χ1) is 9.15. The Morgan fingerprint density at radius 3 is 3.05 bits per heavy atom. The van der Waals surface area contributed by atoms with E-state index >= 15 is 0 Å². The van der Waals surface area contributed by atoms with E-state index in [0.717, 1.165) is 0 Å². The number of furan rings is 1. The van der Waals surface area contributed by atoms with Crippen LogP contribution >= 0.6 is 0 Å². The Labute approximate surface area is 108 Å². The number of H-pyrrole nitrogens is 1. The van der Waals surface area contributed by atoms with E-state index in [1.165, 1.54) is 24.6 Å². The molecule has 2 rings (SSSR count). The molecule has 0 aliphatic rings. The number of hydrogen-bond acceptors (Lipinski definition) is 5. The van der Waals surface area contributed by atoms with Crippen LogP contribution < -0.4 is 0 Å². The predicted octanol–water partition coefficient (Wildman–Crippen LogP) is 2.16. The van der Waals surface area contributed by atoms with Crippen LogP contribution in [0.1, 0.15) is 34.6 Å². The molecule has 2 aromatic rings. The lowest BCUT2D eigenvalue weighted by Crippen LogP contribution is -1.97. The van der Waals surface area contributed by atoms with Crippen molar-refractivity contribution in [2.75, 3.05) is 0 Å². The summed E-state index contributed by atoms with van der Waals surface area (Å²) >= 11 is 0. The minimum absolute atomic E-state index is 0.0723. The number of aromatic nitrogens is 2. The van der Waals surface area contributed by atoms with Crippen LogP contribution in [-0.4, -0.2) is 22.0 Å². The number of imidazole rings is 1. The molecule has 0 fully saturated rings. The van der Waals surface area contributed by atoms with Crippen LogP contribution in [0.3, 0.4) is 0 Å². The number of nitrogens with one attached hydrogen (secondary N) is 2. The Hall–Kier alpha value is -2.94. The van der Waals surface area contributed by atoms with Gasteiger partial charge in [0.2, 0.25) is 0 Å². The van der Waals surface area contributed by atoms with Crippen molar-refractivity contribution in [2.45, 2.75) is 6.92 Å². The molecule has 0 aliphatic carbocycles. The number of carbonyl (C=O) groups is 1. The van der Waals surface area contributed by atoms with Gasteiger partial charge in [0.05, 0.1) is 29.4 Å². The summed E-state index contributed by atoms with van der Waals surface area (Å²) in [6, 6.07) is 3.45. The zero-order chi connectivity index (χ0) is 13.8. The van der Waals surface area contributed by atoms with E-state index in [4.69, 9.17) is 15.1 Å². The molecule has 2 aromatic heterocycles. The average Bonchev–Trinajstić information content (AvgIpc) is 3.07. The summed E-state index contributed by atoms with van der Waals surface area (Å²) in [4.78, 5) is 17.4. The molecule has 0 spiro atoms. The maximum absolute atomic E-state index is 10.6. The number of carbonyl (C=O) groups excluding carboxylic acids is 1. The highest BCUT2D eigenvalue weighted by molar-refractivity contribution is 6.09. The van der Waals surface area contributed by atoms with Crippen molar-refractivity contribution in [3.8, 4) is 6.07 Å². The number of nitriles is 1. The Morgan fingerprint density at radius 1 is 1.63 bits per heavy atom. The number of allylic oxidation sites excluding steroid dienone is 2. The standard InChI is InChI=1S/C13H10N4O2/c1-8(13-16-6-10(7-18)17-13)4-11(15)12-9(5-14)2-3-19-12/h2-4,6-7,15H,1H3,(H,16,17)/b8-4-,15-11?. The maximum Gasteiger partial charge on any atom is 0.169 e. The molecule has 0 aromatic carbocycles. The fourth-order valence-corrected chi connectivity index (χ4v) is 1.55. The molecule has 0 bridgehead atoms. The first-order valence-electron chi connectivity index (χ1n) is 5.41. The molecule has 0 atom stereocenters. The second-order valence-electron chi connectivity index (χ2n) is 3.82. The van der Waals surface area contributed by atoms with Gasteiger partial charge in [-0.2, -0.15) is 5.26 Å². The average molecular weight is 254 g/mol. The number of nitrogens with zero attached hydrogens (tertiary/aromatic N) is 2. The van der Waals surface area contributed by atoms with E-state index in [1.54, 1.807) is 6.92 Å². The fraction of sp³-hybridized carbons (Fsp3) is 0.0769. The summed E-state index contributed by atoms with van der Waals surface area (Å²) in [5, 5.41) is 16.7. The normalized spacial score (nSPS) is 11.1. The molecular formula is C13H10N4O2. The van der Waals surface area contributed by atoms with Crippen molar-refractivity contribution in [3.05, 3.63) is 47.4 Å². The van der Waals surface area contributed by atoms with Gasteiger partial charge < -0.3 is 9.40 Å². The Balaban J connectivity index is 2.28. The minimum atomic E-state index is 0.0723. The van der Waals surface area contributed by atoms with E-state index in [-0.39, 0.29) is 11.5 Å². The van der Waals surface area contributed by atoms with Crippen molar-refractivity contribution >= 4 is 17.6 Å². The van der Waals surface area contributed by atoms with Gasteiger partial charge in [-0.1, -0.05) is 0 Å². The molecular weight excluding hydrogens is 244 g/mol. The topological polar surface area (TPSA) is 107 Å². The smallest absolute Gasteiger partial charge is 0.169 e. The van der Waals surface area contributed by atoms with Gasteiger partial charge in [-0.25, -0.2) is 4.98 Å². The summed E-state index contributed by atoms with van der Waals surface area (Å²) in [7, 11) is 0. The third kappa shape index (κ3) is 2.50. The van der Waals surface area contributed by atoms with Crippen LogP contribution in [0.25, 0.3) is 5.57 Å². The molecule has 0 unspecified atom stereocenters. The van der Waals surface area contributed by atoms with Gasteiger partial charge in [0.15, 0.2) is 12.0 Å². The molecule has 19 heavy (non-hydrogen) atoms. The van der Waals surface area contributed by atoms with Crippen molar-refractivity contribution < 1.29 is 9.21 Å². The van der Waals surface area contributed by atoms with Crippen LogP contribution in [0.4, 0.5) is 0 Å². The number of rotatable bonds is 4. The van der Waals surface area contributed by atoms with Crippen LogP contribution in [0.5, 0.6) is 0 Å². The molecule has 0 radical (unpaired) electrons. The minimum Gasteiger partial charge on any atom is -0.461 e. The summed E-state index contributed by atoms with van der Waals surface area (Å²) in [5.74, 6) is 0.709. The summed E-state index contributed by atoms with van der Waals surface area (Å²) < 4.78 is 5.10. The van der Waals surface area contributed by atoms with Gasteiger partial charge in [0.1, 0.15) is 11.9 Å². The molecule has 94 valence electrons. The van der Waals surface area contributed by atoms with Gasteiger partial charge in [-0.15, -0.1) is 0 Å². The van der Waals surface area contributed by atoms with Gasteiger partial charge in [0.25, 0.3) is 0 Å². The van der Waals surface area contributed by atoms with Crippen LogP contribution in [0.15, 0.2) is 29.0 Å². The van der Waals surface area contributed by atoms with E-state index in [1.807, 2.05) is 6.07 Å². The first-order valence-corrected chi connectivity index (χ1v) is 5.41. The van der Waals surface area contributed by atoms with Crippen molar-refractivity contribution in [2.24, 2.45) is 0 Å². The number of aldehydes is 1. The summed E-state index contributed by atoms with van der Waals surface area (Å²) in [5.41, 5.74) is 1.41. The quantitative estimate of drug-likeness (QED) is 0.643. The second-order valence-corrected chi connectivity index (χ2v) is 3.82. The van der Waals surface area contributed by atoms with Crippen molar-refractivity contribution in [3.63, 3.8) is 0 Å². The number of aromatic amines is 1. The highest BCUT2D eigenvalue weighted by Gasteiger charge is 2.11. The molecule has 2 N–H and O–H groups in total. The van der Waals surface area contributed by atoms with Crippen molar-refractivity contribution in [1.82, 2.24) is 9.97 Å². The Kier molecular flexibility index (Phi) is 3.39. The van der Waals surface area contributed by atoms with Crippen LogP contribution in [0, 0.1) is 16.7 Å². The lowest BCUT2D eigenvalue weighted by molar-refractivity contribution is 0.111. The molecule has 0 amide bonds. The van der Waals surface area contributed by atoms with Gasteiger partial charge >= 0.3 is 0 Å². The zero-order valence-corrected chi connectivity index (χ0v) is 10.1. The maximum atomic E-state index is 10.6. The Bertz CT molecular complexity index is 700. The fourth-order valence-electron chi connectivity index (χ4n) is 1.55. The van der Waals surface area contributed by atoms with E-state index in [0.29, 0.717) is 28.9 Å². The highest BCUT2D eigenvalue weighted by Crippen LogP contribution is 2.15. The molecule has 0 aliphatic heterocycles. The lowest BCUT2D eigenvalue weighted by Gasteiger charge is -1.98. The number of hydrogen-bond donors (Lipinski definition) is 2. The van der Waals surface area contributed by atoms with E-state index < -0.39 is 0 Å². The summed E-state index contributed by atoms with van der Waals surface area (Å²) in [6.45, 7) is 1.75. The van der Waals surface area contributed by atoms with Crippen molar-refractivity contribution in [1.29, 1.82) is 10.7 Å². The molecule has 2 heterocycles. The lowest BCUT2D eigenvalue weighted by atomic mass is 10.1. The largest absolute Gasteiger partial charge is 0.461 e. The van der Waals surface area contributed by atoms with Crippen LogP contribution in [-0.2, 0) is 0 Å². The van der Waals surface area contributed by atoms with Gasteiger partial charge in [-0.3, -0.25) is 10.2 Å². The third-order valence-corrected chi connectivity index (χ3v) is 2.49. The molecule has 0 saturated heterocycles. The monoisotopic (exact) mass is 254 g/mol. The summed E-state index contributed by atoms with van der Waals surface area (Å²) in [6.07, 6.45) is 4.96. The zero-order valence-electron chi connectivity index (χ0n) is 10.1. The highest BCUT2D eigenvalue weighted by atomic mass is 16.3. The SMILES string of the molecule is C/C(=C/C(=N)c1occc1C#N)c1ncc(C=O)[nH]1. The molecule has 6 nitrogen and oxygen atoms in total. The third-order valence-electron chi connectivity index (χ3n) is 2.49. The van der Waals surface area contributed by atoms with Gasteiger partial charge in [0, 0.05) is 0 Å². The first kappa shape index (κ1) is 12.5.